The lowest BCUT2D eigenvalue weighted by Crippen LogP contribution is -2.49. The van der Waals surface area contributed by atoms with Gasteiger partial charge in [0, 0.05) is 43.3 Å². The van der Waals surface area contributed by atoms with Crippen LogP contribution in [0.2, 0.25) is 0 Å². The molecule has 0 spiro atoms. The minimum absolute atomic E-state index is 0.141. The van der Waals surface area contributed by atoms with E-state index in [1.807, 2.05) is 30.0 Å². The van der Waals surface area contributed by atoms with Crippen LogP contribution in [-0.2, 0) is 0 Å². The summed E-state index contributed by atoms with van der Waals surface area (Å²) < 4.78 is 1.18. The molecule has 0 unspecified atom stereocenters. The summed E-state index contributed by atoms with van der Waals surface area (Å²) in [5, 5.41) is 1.18. The van der Waals surface area contributed by atoms with Crippen LogP contribution in [0.15, 0.2) is 42.7 Å². The van der Waals surface area contributed by atoms with E-state index < -0.39 is 0 Å². The van der Waals surface area contributed by atoms with Crippen LogP contribution in [0.1, 0.15) is 15.2 Å². The third-order valence-electron chi connectivity index (χ3n) is 4.44. The fraction of sp³-hybridized carbons (Fsp3) is 0.278. The Morgan fingerprint density at radius 3 is 2.46 bits per heavy atom. The number of benzene rings is 1. The highest BCUT2D eigenvalue weighted by Gasteiger charge is 2.26. The van der Waals surface area contributed by atoms with E-state index in [1.54, 1.807) is 23.7 Å². The number of hydrogen-bond donors (Lipinski definition) is 0. The molecule has 1 aliphatic heterocycles. The van der Waals surface area contributed by atoms with Crippen molar-refractivity contribution < 1.29 is 4.79 Å². The maximum atomic E-state index is 12.9. The van der Waals surface area contributed by atoms with Crippen molar-refractivity contribution in [3.8, 4) is 0 Å². The Morgan fingerprint density at radius 2 is 1.75 bits per heavy atom. The van der Waals surface area contributed by atoms with Gasteiger partial charge in [0.2, 0.25) is 5.95 Å². The number of anilines is 1. The first-order chi connectivity index (χ1) is 11.7. The molecule has 24 heavy (non-hydrogen) atoms. The van der Waals surface area contributed by atoms with Crippen molar-refractivity contribution in [3.05, 3.63) is 53.2 Å². The van der Waals surface area contributed by atoms with Gasteiger partial charge in [-0.1, -0.05) is 18.2 Å². The molecule has 1 amide bonds. The number of piperazine rings is 1. The predicted octanol–water partition coefficient (Wildman–Crippen LogP) is 2.96. The number of carbonyl (C=O) groups excluding carboxylic acids is 1. The number of aryl methyl sites for hydroxylation is 1. The summed E-state index contributed by atoms with van der Waals surface area (Å²) in [6.45, 7) is 4.97. The van der Waals surface area contributed by atoms with E-state index in [9.17, 15) is 4.79 Å². The van der Waals surface area contributed by atoms with Gasteiger partial charge in [0.15, 0.2) is 0 Å². The topological polar surface area (TPSA) is 49.3 Å². The molecule has 5 nitrogen and oxygen atoms in total. The second-order valence-electron chi connectivity index (χ2n) is 5.88. The largest absolute Gasteiger partial charge is 0.337 e. The first-order valence-electron chi connectivity index (χ1n) is 8.03. The van der Waals surface area contributed by atoms with E-state index in [4.69, 9.17) is 0 Å². The lowest BCUT2D eigenvalue weighted by Gasteiger charge is -2.34. The quantitative estimate of drug-likeness (QED) is 0.721. The monoisotopic (exact) mass is 338 g/mol. The summed E-state index contributed by atoms with van der Waals surface area (Å²) in [4.78, 5) is 26.4. The van der Waals surface area contributed by atoms with Crippen LogP contribution in [-0.4, -0.2) is 47.0 Å². The van der Waals surface area contributed by atoms with Crippen LogP contribution in [0.3, 0.4) is 0 Å². The molecule has 0 saturated carbocycles. The fourth-order valence-electron chi connectivity index (χ4n) is 3.09. The number of hydrogen-bond acceptors (Lipinski definition) is 5. The van der Waals surface area contributed by atoms with Crippen molar-refractivity contribution in [2.24, 2.45) is 0 Å². The van der Waals surface area contributed by atoms with Gasteiger partial charge in [-0.25, -0.2) is 9.97 Å². The standard InChI is InChI=1S/C18H18N4OS/c1-13-14-5-2-3-6-15(14)24-16(13)17(23)21-9-11-22(12-10-21)18-19-7-4-8-20-18/h2-8H,9-12H2,1H3. The molecule has 2 aromatic heterocycles. The molecular weight excluding hydrogens is 320 g/mol. The Hall–Kier alpha value is -2.47. The summed E-state index contributed by atoms with van der Waals surface area (Å²) in [7, 11) is 0. The molecule has 3 aromatic rings. The molecule has 0 aliphatic carbocycles. The van der Waals surface area contributed by atoms with Crippen LogP contribution in [0.4, 0.5) is 5.95 Å². The Bertz CT molecular complexity index is 869. The minimum Gasteiger partial charge on any atom is -0.337 e. The molecule has 0 N–H and O–H groups in total. The summed E-state index contributed by atoms with van der Waals surface area (Å²) in [6, 6.07) is 10.0. The maximum Gasteiger partial charge on any atom is 0.264 e. The predicted molar refractivity (Wildman–Crippen MR) is 96.7 cm³/mol. The van der Waals surface area contributed by atoms with Gasteiger partial charge in [-0.2, -0.15) is 0 Å². The van der Waals surface area contributed by atoms with E-state index in [0.29, 0.717) is 13.1 Å². The SMILES string of the molecule is Cc1c(C(=O)N2CCN(c3ncccn3)CC2)sc2ccccc12. The Balaban J connectivity index is 1.51. The van der Waals surface area contributed by atoms with E-state index in [0.717, 1.165) is 29.5 Å². The number of thiophene rings is 1. The lowest BCUT2D eigenvalue weighted by molar-refractivity contribution is 0.0750. The molecule has 3 heterocycles. The molecule has 1 aliphatic rings. The van der Waals surface area contributed by atoms with Gasteiger partial charge < -0.3 is 9.80 Å². The summed E-state index contributed by atoms with van der Waals surface area (Å²) in [5.74, 6) is 0.880. The zero-order valence-electron chi connectivity index (χ0n) is 13.5. The zero-order chi connectivity index (χ0) is 16.5. The van der Waals surface area contributed by atoms with E-state index >= 15 is 0 Å². The molecule has 1 aromatic carbocycles. The van der Waals surface area contributed by atoms with Crippen molar-refractivity contribution in [3.63, 3.8) is 0 Å². The minimum atomic E-state index is 0.141. The Morgan fingerprint density at radius 1 is 1.04 bits per heavy atom. The van der Waals surface area contributed by atoms with E-state index in [2.05, 4.69) is 27.0 Å². The number of nitrogens with zero attached hydrogens (tertiary/aromatic N) is 4. The van der Waals surface area contributed by atoms with Gasteiger partial charge in [0.25, 0.3) is 5.91 Å². The molecule has 122 valence electrons. The van der Waals surface area contributed by atoms with Crippen LogP contribution < -0.4 is 4.90 Å². The molecule has 6 heteroatoms. The van der Waals surface area contributed by atoms with Crippen molar-refractivity contribution in [1.82, 2.24) is 14.9 Å². The molecule has 0 bridgehead atoms. The van der Waals surface area contributed by atoms with Gasteiger partial charge >= 0.3 is 0 Å². The number of aromatic nitrogens is 2. The molecule has 0 radical (unpaired) electrons. The third kappa shape index (κ3) is 2.63. The van der Waals surface area contributed by atoms with Crippen LogP contribution >= 0.6 is 11.3 Å². The molecular formula is C18H18N4OS. The van der Waals surface area contributed by atoms with E-state index in [1.165, 1.54) is 10.1 Å². The van der Waals surface area contributed by atoms with Crippen LogP contribution in [0.25, 0.3) is 10.1 Å². The van der Waals surface area contributed by atoms with Gasteiger partial charge in [-0.05, 0) is 30.0 Å². The van der Waals surface area contributed by atoms with Gasteiger partial charge in [-0.15, -0.1) is 11.3 Å². The average Bonchev–Trinajstić information content (AvgIpc) is 2.99. The van der Waals surface area contributed by atoms with Gasteiger partial charge in [-0.3, -0.25) is 4.79 Å². The first kappa shape index (κ1) is 15.1. The molecule has 4 rings (SSSR count). The van der Waals surface area contributed by atoms with Crippen molar-refractivity contribution in [2.45, 2.75) is 6.92 Å². The van der Waals surface area contributed by atoms with Crippen molar-refractivity contribution in [1.29, 1.82) is 0 Å². The highest BCUT2D eigenvalue weighted by Crippen LogP contribution is 2.31. The Kier molecular flexibility index (Phi) is 3.90. The number of amides is 1. The molecule has 0 atom stereocenters. The zero-order valence-corrected chi connectivity index (χ0v) is 14.3. The average molecular weight is 338 g/mol. The third-order valence-corrected chi connectivity index (χ3v) is 5.70. The number of carbonyl (C=O) groups is 1. The Labute approximate surface area is 144 Å². The van der Waals surface area contributed by atoms with Crippen LogP contribution in [0.5, 0.6) is 0 Å². The van der Waals surface area contributed by atoms with Crippen LogP contribution in [0, 0.1) is 6.92 Å². The molecule has 1 fully saturated rings. The smallest absolute Gasteiger partial charge is 0.264 e. The van der Waals surface area contributed by atoms with Gasteiger partial charge in [0.1, 0.15) is 0 Å². The van der Waals surface area contributed by atoms with Crippen molar-refractivity contribution >= 4 is 33.3 Å². The maximum absolute atomic E-state index is 12.9. The summed E-state index contributed by atoms with van der Waals surface area (Å²) >= 11 is 1.59. The highest BCUT2D eigenvalue weighted by molar-refractivity contribution is 7.21. The fourth-order valence-corrected chi connectivity index (χ4v) is 4.26. The summed E-state index contributed by atoms with van der Waals surface area (Å²) in [5.41, 5.74) is 1.09. The first-order valence-corrected chi connectivity index (χ1v) is 8.85. The second kappa shape index (κ2) is 6.20. The van der Waals surface area contributed by atoms with Crippen molar-refractivity contribution in [2.75, 3.05) is 31.1 Å². The number of fused-ring (bicyclic) bond motifs is 1. The molecule has 1 saturated heterocycles. The summed E-state index contributed by atoms with van der Waals surface area (Å²) in [6.07, 6.45) is 3.50. The van der Waals surface area contributed by atoms with E-state index in [-0.39, 0.29) is 5.91 Å². The lowest BCUT2D eigenvalue weighted by atomic mass is 10.1. The van der Waals surface area contributed by atoms with Gasteiger partial charge in [0.05, 0.1) is 4.88 Å². The number of rotatable bonds is 2. The second-order valence-corrected chi connectivity index (χ2v) is 6.93. The highest BCUT2D eigenvalue weighted by atomic mass is 32.1. The normalized spacial score (nSPS) is 15.0.